The summed E-state index contributed by atoms with van der Waals surface area (Å²) in [5.74, 6) is 2.11. The molecule has 0 unspecified atom stereocenters. The van der Waals surface area contributed by atoms with Crippen LogP contribution in [0.15, 0.2) is 97.3 Å². The molecule has 4 aromatic carbocycles. The summed E-state index contributed by atoms with van der Waals surface area (Å²) >= 11 is 0. The molecule has 1 aliphatic heterocycles. The van der Waals surface area contributed by atoms with Crippen molar-refractivity contribution in [1.82, 2.24) is 15.0 Å². The van der Waals surface area contributed by atoms with Gasteiger partial charge in [0.2, 0.25) is 0 Å². The van der Waals surface area contributed by atoms with E-state index in [1.807, 2.05) is 69.4 Å². The quantitative estimate of drug-likeness (QED) is 0.141. The van der Waals surface area contributed by atoms with Crippen molar-refractivity contribution in [3.05, 3.63) is 150 Å². The summed E-state index contributed by atoms with van der Waals surface area (Å²) in [7, 11) is 4.09. The molecule has 1 N–H and O–H groups in total. The van der Waals surface area contributed by atoms with E-state index in [1.165, 1.54) is 27.8 Å². The summed E-state index contributed by atoms with van der Waals surface area (Å²) in [5.41, 5.74) is 14.5. The van der Waals surface area contributed by atoms with Gasteiger partial charge in [-0.2, -0.15) is 23.9 Å². The Hall–Kier alpha value is -6.15. The molecule has 4 heterocycles. The third-order valence-electron chi connectivity index (χ3n) is 10.8. The van der Waals surface area contributed by atoms with E-state index in [0.29, 0.717) is 28.9 Å². The smallest absolute Gasteiger partial charge is 0.657 e. The van der Waals surface area contributed by atoms with Crippen molar-refractivity contribution in [3.63, 3.8) is 0 Å². The van der Waals surface area contributed by atoms with E-state index in [2.05, 4.69) is 140 Å². The fourth-order valence-electron chi connectivity index (χ4n) is 7.56. The Kier molecular flexibility index (Phi) is 13.3. The Morgan fingerprint density at radius 3 is 1.97 bits per heavy atom. The summed E-state index contributed by atoms with van der Waals surface area (Å²) in [6.07, 6.45) is 3.67. The molecule has 3 aromatic heterocycles. The number of nitrogens with zero attached hydrogens (tertiary/aromatic N) is 8. The maximum Gasteiger partial charge on any atom is 4.00 e. The average molecular weight is 971 g/mol. The molecule has 1 aliphatic rings. The first-order chi connectivity index (χ1) is 28.4. The number of aromatic nitrogens is 3. The summed E-state index contributed by atoms with van der Waals surface area (Å²) in [6, 6.07) is 36.1. The maximum atomic E-state index is 8.88. The minimum atomic E-state index is 0. The molecule has 0 bridgehead atoms. The van der Waals surface area contributed by atoms with Crippen LogP contribution in [0.1, 0.15) is 92.8 Å². The van der Waals surface area contributed by atoms with Crippen molar-refractivity contribution in [2.75, 3.05) is 34.1 Å². The van der Waals surface area contributed by atoms with Crippen LogP contribution in [0.4, 0.5) is 28.6 Å². The SMILES string of the molecule is Cc1ncccc1N(C)[CH-]Nc1[c-]c(N2[CH-]N(C)c3cccnc32)cc(-c2c(C(C)C)cc(C(C)C)cc2C(C)C)c1.N#Cc1ccc2[n-]c3ccc(C#N)cc3c2c1.[Pt+4]. The van der Waals surface area contributed by atoms with Crippen LogP contribution in [-0.4, -0.2) is 24.1 Å². The minimum Gasteiger partial charge on any atom is -0.657 e. The van der Waals surface area contributed by atoms with Crippen molar-refractivity contribution in [3.8, 4) is 23.3 Å². The van der Waals surface area contributed by atoms with E-state index in [1.54, 1.807) is 12.1 Å². The van der Waals surface area contributed by atoms with E-state index >= 15 is 0 Å². The summed E-state index contributed by atoms with van der Waals surface area (Å²) < 4.78 is 0. The topological polar surface area (TPSA) is 109 Å². The molecular formula is C50H49N9Pt. The summed E-state index contributed by atoms with van der Waals surface area (Å²) in [5, 5.41) is 23.2. The largest absolute Gasteiger partial charge is 4.00 e. The number of benzene rings is 4. The Bertz CT molecular complexity index is 2640. The van der Waals surface area contributed by atoms with Gasteiger partial charge in [-0.3, -0.25) is 4.98 Å². The van der Waals surface area contributed by atoms with Gasteiger partial charge in [0.25, 0.3) is 0 Å². The number of fused-ring (bicyclic) bond motifs is 4. The molecule has 0 aliphatic carbocycles. The van der Waals surface area contributed by atoms with Gasteiger partial charge in [-0.15, -0.1) is 46.2 Å². The van der Waals surface area contributed by atoms with E-state index in [-0.39, 0.29) is 21.1 Å². The average Bonchev–Trinajstić information content (AvgIpc) is 3.78. The zero-order chi connectivity index (χ0) is 42.0. The van der Waals surface area contributed by atoms with Gasteiger partial charge in [0.1, 0.15) is 5.82 Å². The van der Waals surface area contributed by atoms with Crippen molar-refractivity contribution >= 4 is 50.4 Å². The number of hydrogen-bond donors (Lipinski definition) is 1. The van der Waals surface area contributed by atoms with Crippen LogP contribution >= 0.6 is 0 Å². The number of aryl methyl sites for hydroxylation is 1. The van der Waals surface area contributed by atoms with Crippen LogP contribution in [0.2, 0.25) is 0 Å². The van der Waals surface area contributed by atoms with Crippen LogP contribution in [0.25, 0.3) is 32.9 Å². The molecule has 10 heteroatoms. The number of nitriles is 2. The summed E-state index contributed by atoms with van der Waals surface area (Å²) in [6.45, 7) is 19.8. The Labute approximate surface area is 369 Å². The van der Waals surface area contributed by atoms with Gasteiger partial charge in [-0.1, -0.05) is 65.8 Å². The first-order valence-electron chi connectivity index (χ1n) is 20.0. The molecule has 0 atom stereocenters. The molecule has 8 rings (SSSR count). The number of nitrogens with one attached hydrogen (secondary N) is 1. The van der Waals surface area contributed by atoms with Crippen molar-refractivity contribution in [1.29, 1.82) is 10.5 Å². The fraction of sp³-hybridized carbons (Fsp3) is 0.240. The van der Waals surface area contributed by atoms with Gasteiger partial charge in [0.15, 0.2) is 0 Å². The van der Waals surface area contributed by atoms with Gasteiger partial charge >= 0.3 is 21.1 Å². The monoisotopic (exact) mass is 970 g/mol. The van der Waals surface area contributed by atoms with Gasteiger partial charge < -0.3 is 25.0 Å². The molecule has 0 fully saturated rings. The molecule has 0 radical (unpaired) electrons. The fourth-order valence-corrected chi connectivity index (χ4v) is 7.56. The zero-order valence-electron chi connectivity index (χ0n) is 35.5. The maximum absolute atomic E-state index is 8.88. The van der Waals surface area contributed by atoms with Crippen LogP contribution < -0.4 is 25.0 Å². The Morgan fingerprint density at radius 1 is 0.800 bits per heavy atom. The normalized spacial score (nSPS) is 12.0. The predicted molar refractivity (Wildman–Crippen MR) is 242 cm³/mol. The molecule has 60 heavy (non-hydrogen) atoms. The molecular weight excluding hydrogens is 922 g/mol. The standard InChI is InChI=1S/C36H43N6.C14H6N3.Pt/c1-23(2)27-18-31(24(3)4)35(32(19-27)25(5)6)28-16-29(39-21-40(8)33-12-10-14-37-26(33)7)20-30(17-28)42-22-41(9)34-13-11-15-38-36(34)42;15-7-9-1-3-13-11(5-9)12-6-10(8-16)2-4-14(12)17-13;/h10-19,21-25,39H,1-9H3;1-6H;/q-3;-1;+4. The number of anilines is 5. The number of hydrogen-bond acceptors (Lipinski definition) is 8. The molecule has 304 valence electrons. The first-order valence-corrected chi connectivity index (χ1v) is 20.0. The minimum absolute atomic E-state index is 0. The molecule has 0 spiro atoms. The van der Waals surface area contributed by atoms with Crippen LogP contribution in [0.5, 0.6) is 0 Å². The Balaban J connectivity index is 0.000000278. The third-order valence-corrected chi connectivity index (χ3v) is 10.8. The first kappa shape index (κ1) is 43.4. The number of rotatable bonds is 9. The zero-order valence-corrected chi connectivity index (χ0v) is 37.8. The van der Waals surface area contributed by atoms with E-state index in [4.69, 9.17) is 15.5 Å². The Morgan fingerprint density at radius 2 is 1.40 bits per heavy atom. The van der Waals surface area contributed by atoms with Gasteiger partial charge in [0, 0.05) is 23.8 Å². The van der Waals surface area contributed by atoms with Gasteiger partial charge in [-0.05, 0) is 120 Å². The van der Waals surface area contributed by atoms with Crippen LogP contribution in [-0.2, 0) is 21.1 Å². The van der Waals surface area contributed by atoms with Gasteiger partial charge in [-0.25, -0.2) is 4.98 Å². The van der Waals surface area contributed by atoms with Crippen LogP contribution in [0, 0.1) is 49.0 Å². The number of pyridine rings is 2. The van der Waals surface area contributed by atoms with E-state index < -0.39 is 0 Å². The summed E-state index contributed by atoms with van der Waals surface area (Å²) in [4.78, 5) is 19.9. The molecule has 0 saturated carbocycles. The second kappa shape index (κ2) is 18.4. The van der Waals surface area contributed by atoms with E-state index in [0.717, 1.165) is 56.1 Å². The molecule has 7 aromatic rings. The molecule has 0 amide bonds. The van der Waals surface area contributed by atoms with Gasteiger partial charge in [0.05, 0.1) is 29.0 Å². The second-order valence-electron chi connectivity index (χ2n) is 15.9. The van der Waals surface area contributed by atoms with Crippen molar-refractivity contribution in [2.24, 2.45) is 0 Å². The predicted octanol–water partition coefficient (Wildman–Crippen LogP) is 11.7. The van der Waals surface area contributed by atoms with Crippen molar-refractivity contribution < 1.29 is 21.1 Å². The van der Waals surface area contributed by atoms with E-state index in [9.17, 15) is 0 Å². The van der Waals surface area contributed by atoms with Crippen LogP contribution in [0.3, 0.4) is 0 Å². The third kappa shape index (κ3) is 8.88. The molecule has 9 nitrogen and oxygen atoms in total. The second-order valence-corrected chi connectivity index (χ2v) is 15.9. The van der Waals surface area contributed by atoms with Crippen molar-refractivity contribution in [2.45, 2.75) is 66.2 Å². The molecule has 0 saturated heterocycles.